The molecule has 1 aromatic heterocycles. The second kappa shape index (κ2) is 3.61. The van der Waals surface area contributed by atoms with Gasteiger partial charge in [0.25, 0.3) is 0 Å². The largest absolute Gasteiger partial charge is 0.481 e. The normalized spacial score (nSPS) is 19.0. The predicted octanol–water partition coefficient (Wildman–Crippen LogP) is 2.12. The highest BCUT2D eigenvalue weighted by Gasteiger charge is 2.44. The minimum absolute atomic E-state index is 0.354. The second-order valence-corrected chi connectivity index (χ2v) is 3.95. The molecule has 3 nitrogen and oxygen atoms in total. The van der Waals surface area contributed by atoms with Gasteiger partial charge in [-0.05, 0) is 25.0 Å². The third-order valence-corrected chi connectivity index (χ3v) is 3.08. The van der Waals surface area contributed by atoms with E-state index < -0.39 is 17.2 Å². The number of carbonyl (C=O) groups is 1. The molecule has 0 aliphatic heterocycles. The van der Waals surface area contributed by atoms with Gasteiger partial charge in [0.15, 0.2) is 0 Å². The van der Waals surface area contributed by atoms with Crippen molar-refractivity contribution in [2.24, 2.45) is 0 Å². The predicted molar refractivity (Wildman–Crippen MR) is 52.0 cm³/mol. The van der Waals surface area contributed by atoms with Crippen LogP contribution in [0.3, 0.4) is 0 Å². The van der Waals surface area contributed by atoms with Crippen LogP contribution in [-0.4, -0.2) is 16.1 Å². The lowest BCUT2D eigenvalue weighted by atomic mass is 9.82. The van der Waals surface area contributed by atoms with E-state index in [0.717, 1.165) is 12.8 Å². The van der Waals surface area contributed by atoms with Crippen molar-refractivity contribution in [2.75, 3.05) is 0 Å². The van der Waals surface area contributed by atoms with E-state index >= 15 is 0 Å². The molecule has 1 aliphatic rings. The molecule has 0 aromatic carbocycles. The summed E-state index contributed by atoms with van der Waals surface area (Å²) in [6, 6.07) is 2.47. The highest BCUT2D eigenvalue weighted by molar-refractivity contribution is 5.81. The topological polar surface area (TPSA) is 50.2 Å². The summed E-state index contributed by atoms with van der Waals surface area (Å²) in [6.45, 7) is 0. The zero-order chi connectivity index (χ0) is 10.9. The van der Waals surface area contributed by atoms with E-state index in [1.54, 1.807) is 0 Å². The molecular weight excluding hydrogens is 197 g/mol. The number of aliphatic carboxylic acids is 1. The van der Waals surface area contributed by atoms with Crippen LogP contribution in [0.2, 0.25) is 0 Å². The molecule has 1 N–H and O–H groups in total. The number of nitrogens with zero attached hydrogens (tertiary/aromatic N) is 1. The summed E-state index contributed by atoms with van der Waals surface area (Å²) in [5.41, 5.74) is -0.602. The highest BCUT2D eigenvalue weighted by Crippen LogP contribution is 2.40. The van der Waals surface area contributed by atoms with E-state index in [4.69, 9.17) is 0 Å². The lowest BCUT2D eigenvalue weighted by Crippen LogP contribution is -2.33. The summed E-state index contributed by atoms with van der Waals surface area (Å²) in [6.07, 6.45) is 4.17. The second-order valence-electron chi connectivity index (χ2n) is 3.95. The van der Waals surface area contributed by atoms with Crippen LogP contribution in [0.5, 0.6) is 0 Å². The Hall–Kier alpha value is -1.45. The molecule has 0 spiro atoms. The zero-order valence-electron chi connectivity index (χ0n) is 8.24. The van der Waals surface area contributed by atoms with E-state index in [-0.39, 0.29) is 0 Å². The van der Waals surface area contributed by atoms with Crippen LogP contribution in [0.25, 0.3) is 0 Å². The van der Waals surface area contributed by atoms with Gasteiger partial charge in [-0.3, -0.25) is 9.78 Å². The fourth-order valence-corrected chi connectivity index (χ4v) is 2.22. The number of pyridine rings is 1. The standard InChI is InChI=1S/C11H12FNO2/c12-8-3-6-13-9(7-8)11(10(14)15)4-1-2-5-11/h3,6-7H,1-2,4-5H2,(H,14,15). The molecule has 0 amide bonds. The van der Waals surface area contributed by atoms with Crippen LogP contribution in [0, 0.1) is 5.82 Å². The number of hydrogen-bond acceptors (Lipinski definition) is 2. The number of carboxylic acid groups (broad SMARTS) is 1. The number of halogens is 1. The monoisotopic (exact) mass is 209 g/mol. The van der Waals surface area contributed by atoms with E-state index in [0.29, 0.717) is 18.5 Å². The summed E-state index contributed by atoms with van der Waals surface area (Å²) in [7, 11) is 0. The van der Waals surface area contributed by atoms with Crippen molar-refractivity contribution in [1.82, 2.24) is 4.98 Å². The zero-order valence-corrected chi connectivity index (χ0v) is 8.24. The summed E-state index contributed by atoms with van der Waals surface area (Å²) < 4.78 is 13.0. The lowest BCUT2D eigenvalue weighted by Gasteiger charge is -2.22. The van der Waals surface area contributed by atoms with Crippen LogP contribution >= 0.6 is 0 Å². The Morgan fingerprint density at radius 2 is 2.13 bits per heavy atom. The van der Waals surface area contributed by atoms with E-state index in [2.05, 4.69) is 4.98 Å². The molecule has 1 fully saturated rings. The van der Waals surface area contributed by atoms with Gasteiger partial charge in [-0.2, -0.15) is 0 Å². The van der Waals surface area contributed by atoms with Gasteiger partial charge in [0.05, 0.1) is 5.69 Å². The molecule has 80 valence electrons. The smallest absolute Gasteiger partial charge is 0.315 e. The number of hydrogen-bond donors (Lipinski definition) is 1. The van der Waals surface area contributed by atoms with Crippen molar-refractivity contribution in [1.29, 1.82) is 0 Å². The minimum atomic E-state index is -0.956. The first kappa shape index (κ1) is 10.1. The molecule has 1 saturated carbocycles. The molecule has 1 aromatic rings. The molecular formula is C11H12FNO2. The summed E-state index contributed by atoms with van der Waals surface area (Å²) >= 11 is 0. The van der Waals surface area contributed by atoms with Gasteiger partial charge in [-0.1, -0.05) is 12.8 Å². The molecule has 0 unspecified atom stereocenters. The third-order valence-electron chi connectivity index (χ3n) is 3.08. The molecule has 0 bridgehead atoms. The van der Waals surface area contributed by atoms with Crippen molar-refractivity contribution in [3.05, 3.63) is 29.8 Å². The molecule has 0 radical (unpaired) electrons. The average molecular weight is 209 g/mol. The Morgan fingerprint density at radius 1 is 1.47 bits per heavy atom. The molecule has 1 aliphatic carbocycles. The van der Waals surface area contributed by atoms with E-state index in [1.165, 1.54) is 18.3 Å². The molecule has 0 atom stereocenters. The first-order chi connectivity index (χ1) is 7.15. The van der Waals surface area contributed by atoms with Gasteiger partial charge in [-0.15, -0.1) is 0 Å². The van der Waals surface area contributed by atoms with Gasteiger partial charge >= 0.3 is 5.97 Å². The van der Waals surface area contributed by atoms with Gasteiger partial charge in [0, 0.05) is 6.20 Å². The summed E-state index contributed by atoms with van der Waals surface area (Å²) in [4.78, 5) is 15.3. The first-order valence-corrected chi connectivity index (χ1v) is 5.00. The van der Waals surface area contributed by atoms with Gasteiger partial charge in [-0.25, -0.2) is 4.39 Å². The van der Waals surface area contributed by atoms with E-state index in [9.17, 15) is 14.3 Å². The van der Waals surface area contributed by atoms with Crippen LogP contribution < -0.4 is 0 Å². The van der Waals surface area contributed by atoms with Crippen molar-refractivity contribution < 1.29 is 14.3 Å². The quantitative estimate of drug-likeness (QED) is 0.811. The minimum Gasteiger partial charge on any atom is -0.481 e. The molecule has 4 heteroatoms. The third kappa shape index (κ3) is 1.60. The maximum absolute atomic E-state index is 13.0. The first-order valence-electron chi connectivity index (χ1n) is 5.00. The van der Waals surface area contributed by atoms with E-state index in [1.807, 2.05) is 0 Å². The Morgan fingerprint density at radius 3 is 2.67 bits per heavy atom. The Labute approximate surface area is 87.0 Å². The highest BCUT2D eigenvalue weighted by atomic mass is 19.1. The Balaban J connectivity index is 2.45. The van der Waals surface area contributed by atoms with Crippen LogP contribution in [0.4, 0.5) is 4.39 Å². The molecule has 15 heavy (non-hydrogen) atoms. The SMILES string of the molecule is O=C(O)C1(c2cc(F)ccn2)CCCC1. The van der Waals surface area contributed by atoms with Crippen molar-refractivity contribution in [3.63, 3.8) is 0 Å². The fraction of sp³-hybridized carbons (Fsp3) is 0.455. The molecule has 1 heterocycles. The Bertz CT molecular complexity index is 386. The number of carboxylic acids is 1. The maximum atomic E-state index is 13.0. The maximum Gasteiger partial charge on any atom is 0.315 e. The van der Waals surface area contributed by atoms with Crippen LogP contribution in [0.1, 0.15) is 31.4 Å². The van der Waals surface area contributed by atoms with Gasteiger partial charge in [0.1, 0.15) is 11.2 Å². The van der Waals surface area contributed by atoms with Gasteiger partial charge < -0.3 is 5.11 Å². The average Bonchev–Trinajstić information content (AvgIpc) is 2.67. The molecule has 2 rings (SSSR count). The Kier molecular flexibility index (Phi) is 2.42. The number of rotatable bonds is 2. The van der Waals surface area contributed by atoms with Crippen molar-refractivity contribution in [3.8, 4) is 0 Å². The van der Waals surface area contributed by atoms with Gasteiger partial charge in [0.2, 0.25) is 0 Å². The van der Waals surface area contributed by atoms with Crippen LogP contribution in [-0.2, 0) is 10.2 Å². The van der Waals surface area contributed by atoms with Crippen LogP contribution in [0.15, 0.2) is 18.3 Å². The van der Waals surface area contributed by atoms with Crippen molar-refractivity contribution >= 4 is 5.97 Å². The van der Waals surface area contributed by atoms with Crippen molar-refractivity contribution in [2.45, 2.75) is 31.1 Å². The fourth-order valence-electron chi connectivity index (χ4n) is 2.22. The summed E-state index contributed by atoms with van der Waals surface area (Å²) in [5.74, 6) is -1.31. The lowest BCUT2D eigenvalue weighted by molar-refractivity contribution is -0.143. The molecule has 0 saturated heterocycles. The summed E-state index contributed by atoms with van der Waals surface area (Å²) in [5, 5.41) is 9.25. The number of aromatic nitrogens is 1.